The molecule has 3 rings (SSSR count). The number of halogens is 2. The van der Waals surface area contributed by atoms with Gasteiger partial charge in [0.05, 0.1) is 22.2 Å². The third-order valence-corrected chi connectivity index (χ3v) is 5.68. The number of benzene rings is 2. The SMILES string of the molecule is COCc1c(C(=O)Nc2cc(C(=O)NC(C)C)ccc2Cl)sc2cccc(F)c12. The highest BCUT2D eigenvalue weighted by molar-refractivity contribution is 7.21. The second-order valence-electron chi connectivity index (χ2n) is 6.73. The van der Waals surface area contributed by atoms with E-state index in [1.54, 1.807) is 24.3 Å². The highest BCUT2D eigenvalue weighted by atomic mass is 35.5. The molecule has 0 spiro atoms. The van der Waals surface area contributed by atoms with E-state index in [0.29, 0.717) is 36.8 Å². The molecule has 1 aromatic heterocycles. The molecule has 0 aliphatic carbocycles. The van der Waals surface area contributed by atoms with E-state index in [-0.39, 0.29) is 18.6 Å². The van der Waals surface area contributed by atoms with Crippen LogP contribution in [0, 0.1) is 5.82 Å². The van der Waals surface area contributed by atoms with Crippen LogP contribution in [0.25, 0.3) is 10.1 Å². The minimum Gasteiger partial charge on any atom is -0.380 e. The van der Waals surface area contributed by atoms with Gasteiger partial charge in [0, 0.05) is 34.4 Å². The smallest absolute Gasteiger partial charge is 0.266 e. The van der Waals surface area contributed by atoms with E-state index in [9.17, 15) is 14.0 Å². The number of hydrogen-bond acceptors (Lipinski definition) is 4. The van der Waals surface area contributed by atoms with Gasteiger partial charge in [-0.05, 0) is 44.2 Å². The zero-order chi connectivity index (χ0) is 21.1. The predicted molar refractivity (Wildman–Crippen MR) is 115 cm³/mol. The minimum atomic E-state index is -0.444. The summed E-state index contributed by atoms with van der Waals surface area (Å²) in [6.07, 6.45) is 0. The molecule has 5 nitrogen and oxygen atoms in total. The Balaban J connectivity index is 1.96. The van der Waals surface area contributed by atoms with E-state index in [1.807, 2.05) is 13.8 Å². The second kappa shape index (κ2) is 8.90. The van der Waals surface area contributed by atoms with Crippen molar-refractivity contribution in [3.8, 4) is 0 Å². The lowest BCUT2D eigenvalue weighted by Crippen LogP contribution is -2.30. The number of carbonyl (C=O) groups excluding carboxylic acids is 2. The van der Waals surface area contributed by atoms with Gasteiger partial charge in [0.2, 0.25) is 0 Å². The average Bonchev–Trinajstić information content (AvgIpc) is 3.03. The summed E-state index contributed by atoms with van der Waals surface area (Å²) in [6, 6.07) is 9.32. The Morgan fingerprint density at radius 1 is 1.21 bits per heavy atom. The lowest BCUT2D eigenvalue weighted by molar-refractivity contribution is 0.0942. The van der Waals surface area contributed by atoms with Crippen molar-refractivity contribution in [2.75, 3.05) is 12.4 Å². The fourth-order valence-electron chi connectivity index (χ4n) is 2.92. The molecule has 0 saturated carbocycles. The van der Waals surface area contributed by atoms with E-state index >= 15 is 0 Å². The third kappa shape index (κ3) is 4.58. The van der Waals surface area contributed by atoms with Crippen molar-refractivity contribution in [3.05, 3.63) is 63.2 Å². The molecule has 8 heteroatoms. The summed E-state index contributed by atoms with van der Waals surface area (Å²) in [5.41, 5.74) is 1.15. The molecule has 0 saturated heterocycles. The molecule has 0 bridgehead atoms. The van der Waals surface area contributed by atoms with E-state index in [4.69, 9.17) is 16.3 Å². The number of nitrogens with one attached hydrogen (secondary N) is 2. The number of rotatable bonds is 6. The number of hydrogen-bond donors (Lipinski definition) is 2. The number of anilines is 1. The first-order chi connectivity index (χ1) is 13.8. The lowest BCUT2D eigenvalue weighted by Gasteiger charge is -2.12. The molecular weight excluding hydrogens is 415 g/mol. The van der Waals surface area contributed by atoms with Gasteiger partial charge < -0.3 is 15.4 Å². The standard InChI is InChI=1S/C21H20ClFN2O3S/c1-11(2)24-20(26)12-7-8-14(22)16(9-12)25-21(27)19-13(10-28-3)18-15(23)5-4-6-17(18)29-19/h4-9,11H,10H2,1-3H3,(H,24,26)(H,25,27). The van der Waals surface area contributed by atoms with Crippen LogP contribution in [-0.4, -0.2) is 25.0 Å². The number of carbonyl (C=O) groups is 2. The molecule has 0 aliphatic rings. The summed E-state index contributed by atoms with van der Waals surface area (Å²) in [6.45, 7) is 3.80. The van der Waals surface area contributed by atoms with Crippen molar-refractivity contribution in [2.45, 2.75) is 26.5 Å². The van der Waals surface area contributed by atoms with Crippen LogP contribution in [0.3, 0.4) is 0 Å². The molecule has 0 aliphatic heterocycles. The lowest BCUT2D eigenvalue weighted by atomic mass is 10.1. The van der Waals surface area contributed by atoms with Crippen LogP contribution in [0.2, 0.25) is 5.02 Å². The molecule has 152 valence electrons. The summed E-state index contributed by atoms with van der Waals surface area (Å²) in [4.78, 5) is 25.5. The number of amides is 2. The third-order valence-electron chi connectivity index (χ3n) is 4.15. The van der Waals surface area contributed by atoms with E-state index in [1.165, 1.54) is 30.6 Å². The summed E-state index contributed by atoms with van der Waals surface area (Å²) in [5, 5.41) is 6.19. The van der Waals surface area contributed by atoms with Crippen molar-refractivity contribution in [3.63, 3.8) is 0 Å². The first kappa shape index (κ1) is 21.2. The number of fused-ring (bicyclic) bond motifs is 1. The summed E-state index contributed by atoms with van der Waals surface area (Å²) < 4.78 is 20.2. The fourth-order valence-corrected chi connectivity index (χ4v) is 4.20. The fraction of sp³-hybridized carbons (Fsp3) is 0.238. The first-order valence-electron chi connectivity index (χ1n) is 8.92. The molecule has 2 aromatic carbocycles. The van der Waals surface area contributed by atoms with Crippen molar-refractivity contribution < 1.29 is 18.7 Å². The maximum absolute atomic E-state index is 14.3. The van der Waals surface area contributed by atoms with Crippen LogP contribution >= 0.6 is 22.9 Å². The maximum Gasteiger partial charge on any atom is 0.266 e. The summed E-state index contributed by atoms with van der Waals surface area (Å²) in [7, 11) is 1.49. The molecule has 1 heterocycles. The number of thiophene rings is 1. The topological polar surface area (TPSA) is 67.4 Å². The quantitative estimate of drug-likeness (QED) is 0.558. The van der Waals surface area contributed by atoms with Gasteiger partial charge in [-0.2, -0.15) is 0 Å². The van der Waals surface area contributed by atoms with Gasteiger partial charge in [0.1, 0.15) is 5.82 Å². The highest BCUT2D eigenvalue weighted by Crippen LogP contribution is 2.35. The van der Waals surface area contributed by atoms with Gasteiger partial charge >= 0.3 is 0 Å². The number of ether oxygens (including phenoxy) is 1. The van der Waals surface area contributed by atoms with Crippen LogP contribution in [-0.2, 0) is 11.3 Å². The largest absolute Gasteiger partial charge is 0.380 e. The predicted octanol–water partition coefficient (Wildman–Crippen LogP) is 5.23. The summed E-state index contributed by atoms with van der Waals surface area (Å²) in [5.74, 6) is -1.12. The Kier molecular flexibility index (Phi) is 6.52. The zero-order valence-corrected chi connectivity index (χ0v) is 17.7. The Labute approximate surface area is 176 Å². The molecule has 29 heavy (non-hydrogen) atoms. The van der Waals surface area contributed by atoms with Crippen LogP contribution in [0.1, 0.15) is 39.4 Å². The van der Waals surface area contributed by atoms with Gasteiger partial charge in [0.25, 0.3) is 11.8 Å². The normalized spacial score (nSPS) is 11.1. The van der Waals surface area contributed by atoms with Crippen LogP contribution in [0.5, 0.6) is 0 Å². The minimum absolute atomic E-state index is 0.0266. The van der Waals surface area contributed by atoms with Crippen molar-refractivity contribution in [1.29, 1.82) is 0 Å². The molecule has 0 atom stereocenters. The van der Waals surface area contributed by atoms with Crippen LogP contribution in [0.15, 0.2) is 36.4 Å². The van der Waals surface area contributed by atoms with Crippen molar-refractivity contribution >= 4 is 50.5 Å². The molecule has 3 aromatic rings. The molecule has 0 unspecified atom stereocenters. The molecule has 2 amide bonds. The van der Waals surface area contributed by atoms with E-state index < -0.39 is 11.7 Å². The Morgan fingerprint density at radius 2 is 1.97 bits per heavy atom. The number of methoxy groups -OCH3 is 1. The van der Waals surface area contributed by atoms with Crippen molar-refractivity contribution in [1.82, 2.24) is 5.32 Å². The highest BCUT2D eigenvalue weighted by Gasteiger charge is 2.22. The average molecular weight is 435 g/mol. The van der Waals surface area contributed by atoms with Crippen LogP contribution in [0.4, 0.5) is 10.1 Å². The van der Waals surface area contributed by atoms with E-state index in [0.717, 1.165) is 0 Å². The van der Waals surface area contributed by atoms with E-state index in [2.05, 4.69) is 10.6 Å². The Hall–Kier alpha value is -2.48. The second-order valence-corrected chi connectivity index (χ2v) is 8.19. The molecular formula is C21H20ClFN2O3S. The van der Waals surface area contributed by atoms with Gasteiger partial charge in [-0.1, -0.05) is 17.7 Å². The Morgan fingerprint density at radius 3 is 2.66 bits per heavy atom. The summed E-state index contributed by atoms with van der Waals surface area (Å²) >= 11 is 7.39. The zero-order valence-electron chi connectivity index (χ0n) is 16.1. The van der Waals surface area contributed by atoms with Crippen molar-refractivity contribution in [2.24, 2.45) is 0 Å². The Bertz CT molecular complexity index is 1080. The molecule has 0 radical (unpaired) electrons. The van der Waals surface area contributed by atoms with Gasteiger partial charge in [-0.15, -0.1) is 11.3 Å². The maximum atomic E-state index is 14.3. The van der Waals surface area contributed by atoms with Gasteiger partial charge in [-0.3, -0.25) is 9.59 Å². The molecule has 0 fully saturated rings. The molecule has 2 N–H and O–H groups in total. The van der Waals surface area contributed by atoms with Gasteiger partial charge in [-0.25, -0.2) is 4.39 Å². The monoisotopic (exact) mass is 434 g/mol. The van der Waals surface area contributed by atoms with Gasteiger partial charge in [0.15, 0.2) is 0 Å². The first-order valence-corrected chi connectivity index (χ1v) is 10.1. The van der Waals surface area contributed by atoms with Crippen LogP contribution < -0.4 is 10.6 Å².